The molecule has 1 fully saturated rings. The van der Waals surface area contributed by atoms with E-state index in [9.17, 15) is 18.0 Å². The monoisotopic (exact) mass is 402 g/mol. The Morgan fingerprint density at radius 1 is 1.07 bits per heavy atom. The van der Waals surface area contributed by atoms with Crippen molar-refractivity contribution in [3.8, 4) is 0 Å². The Morgan fingerprint density at radius 3 is 2.54 bits per heavy atom. The molecule has 3 rings (SSSR count). The van der Waals surface area contributed by atoms with Crippen molar-refractivity contribution in [3.05, 3.63) is 60.2 Å². The number of sulfonamides is 1. The van der Waals surface area contributed by atoms with Gasteiger partial charge in [0.1, 0.15) is 0 Å². The van der Waals surface area contributed by atoms with E-state index >= 15 is 0 Å². The van der Waals surface area contributed by atoms with E-state index in [0.29, 0.717) is 24.3 Å². The molecule has 2 aromatic rings. The lowest BCUT2D eigenvalue weighted by molar-refractivity contribution is 0.0698. The first kappa shape index (κ1) is 19.8. The molecule has 0 bridgehead atoms. The Hall–Kier alpha value is -2.91. The number of carbonyl (C=O) groups is 2. The molecular weight excluding hydrogens is 380 g/mol. The third-order valence-electron chi connectivity index (χ3n) is 4.48. The summed E-state index contributed by atoms with van der Waals surface area (Å²) in [7, 11) is -3.85. The molecule has 4 N–H and O–H groups in total. The molecule has 1 heterocycles. The zero-order valence-electron chi connectivity index (χ0n) is 15.2. The van der Waals surface area contributed by atoms with E-state index < -0.39 is 16.1 Å². The summed E-state index contributed by atoms with van der Waals surface area (Å²) in [4.78, 5) is 26.5. The van der Waals surface area contributed by atoms with Crippen molar-refractivity contribution in [3.63, 3.8) is 0 Å². The van der Waals surface area contributed by atoms with Gasteiger partial charge in [0.05, 0.1) is 4.90 Å². The molecule has 2 aromatic carbocycles. The van der Waals surface area contributed by atoms with Crippen molar-refractivity contribution in [1.29, 1.82) is 0 Å². The van der Waals surface area contributed by atoms with Crippen LogP contribution in [0.5, 0.6) is 0 Å². The zero-order chi connectivity index (χ0) is 20.1. The van der Waals surface area contributed by atoms with E-state index in [4.69, 9.17) is 5.14 Å². The lowest BCUT2D eigenvalue weighted by Gasteiger charge is -2.33. The van der Waals surface area contributed by atoms with Gasteiger partial charge in [-0.3, -0.25) is 4.79 Å². The van der Waals surface area contributed by atoms with Crippen molar-refractivity contribution in [2.75, 3.05) is 18.4 Å². The minimum atomic E-state index is -3.85. The maximum Gasteiger partial charge on any atom is 0.319 e. The fraction of sp³-hybridized carbons (Fsp3) is 0.263. The number of piperidine rings is 1. The standard InChI is InChI=1S/C19H22N4O4S/c20-28(26,27)17-10-4-8-15(12-17)21-19(25)22-16-9-5-11-23(13-16)18(24)14-6-2-1-3-7-14/h1-4,6-8,10,12,16H,5,9,11,13H2,(H2,20,26,27)(H2,21,22,25). The number of rotatable bonds is 4. The normalized spacial score (nSPS) is 17.0. The summed E-state index contributed by atoms with van der Waals surface area (Å²) in [5.41, 5.74) is 0.935. The molecule has 28 heavy (non-hydrogen) atoms. The minimum Gasteiger partial charge on any atom is -0.337 e. The second-order valence-electron chi connectivity index (χ2n) is 6.63. The Bertz CT molecular complexity index is 963. The number of primary sulfonamides is 1. The zero-order valence-corrected chi connectivity index (χ0v) is 16.0. The fourth-order valence-corrected chi connectivity index (χ4v) is 3.71. The largest absolute Gasteiger partial charge is 0.337 e. The highest BCUT2D eigenvalue weighted by atomic mass is 32.2. The first-order valence-corrected chi connectivity index (χ1v) is 10.4. The molecule has 9 heteroatoms. The summed E-state index contributed by atoms with van der Waals surface area (Å²) in [6, 6.07) is 14.1. The number of hydrogen-bond acceptors (Lipinski definition) is 4. The minimum absolute atomic E-state index is 0.0617. The summed E-state index contributed by atoms with van der Waals surface area (Å²) < 4.78 is 22.8. The van der Waals surface area contributed by atoms with Gasteiger partial charge in [0.15, 0.2) is 0 Å². The second-order valence-corrected chi connectivity index (χ2v) is 8.19. The SMILES string of the molecule is NS(=O)(=O)c1cccc(NC(=O)NC2CCCN(C(=O)c3ccccc3)C2)c1. The average molecular weight is 402 g/mol. The summed E-state index contributed by atoms with van der Waals surface area (Å²) >= 11 is 0. The van der Waals surface area contributed by atoms with Crippen LogP contribution in [0.1, 0.15) is 23.2 Å². The molecule has 0 aliphatic carbocycles. The second kappa shape index (κ2) is 8.41. The van der Waals surface area contributed by atoms with Crippen LogP contribution in [0.4, 0.5) is 10.5 Å². The Labute approximate surface area is 163 Å². The third kappa shape index (κ3) is 5.08. The van der Waals surface area contributed by atoms with E-state index in [2.05, 4.69) is 10.6 Å². The highest BCUT2D eigenvalue weighted by Gasteiger charge is 2.25. The van der Waals surface area contributed by atoms with Crippen LogP contribution in [0.15, 0.2) is 59.5 Å². The molecule has 1 unspecified atom stereocenters. The molecule has 1 aliphatic heterocycles. The number of benzene rings is 2. The number of amides is 3. The number of nitrogens with two attached hydrogens (primary N) is 1. The molecule has 0 radical (unpaired) electrons. The van der Waals surface area contributed by atoms with E-state index in [1.165, 1.54) is 18.2 Å². The van der Waals surface area contributed by atoms with Crippen LogP contribution in [-0.2, 0) is 10.0 Å². The topological polar surface area (TPSA) is 122 Å². The molecule has 0 saturated carbocycles. The van der Waals surface area contributed by atoms with E-state index in [0.717, 1.165) is 12.8 Å². The molecule has 8 nitrogen and oxygen atoms in total. The molecule has 1 atom stereocenters. The Kier molecular flexibility index (Phi) is 5.96. The van der Waals surface area contributed by atoms with Gasteiger partial charge in [0, 0.05) is 30.4 Å². The molecule has 0 spiro atoms. The number of urea groups is 1. The summed E-state index contributed by atoms with van der Waals surface area (Å²) in [5.74, 6) is -0.0617. The lowest BCUT2D eigenvalue weighted by Crippen LogP contribution is -2.50. The van der Waals surface area contributed by atoms with Gasteiger partial charge in [-0.25, -0.2) is 18.4 Å². The van der Waals surface area contributed by atoms with Gasteiger partial charge in [-0.15, -0.1) is 0 Å². The molecule has 1 saturated heterocycles. The van der Waals surface area contributed by atoms with Gasteiger partial charge in [-0.05, 0) is 43.2 Å². The van der Waals surface area contributed by atoms with Gasteiger partial charge in [-0.1, -0.05) is 24.3 Å². The quantitative estimate of drug-likeness (QED) is 0.721. The summed E-state index contributed by atoms with van der Waals surface area (Å²) in [5, 5.41) is 10.5. The summed E-state index contributed by atoms with van der Waals surface area (Å²) in [6.45, 7) is 1.06. The van der Waals surface area contributed by atoms with Gasteiger partial charge < -0.3 is 15.5 Å². The van der Waals surface area contributed by atoms with Crippen LogP contribution < -0.4 is 15.8 Å². The van der Waals surface area contributed by atoms with Crippen molar-refractivity contribution >= 4 is 27.6 Å². The van der Waals surface area contributed by atoms with Crippen molar-refractivity contribution in [2.24, 2.45) is 5.14 Å². The van der Waals surface area contributed by atoms with Gasteiger partial charge >= 0.3 is 6.03 Å². The number of nitrogens with one attached hydrogen (secondary N) is 2. The Morgan fingerprint density at radius 2 is 1.82 bits per heavy atom. The number of carbonyl (C=O) groups excluding carboxylic acids is 2. The highest BCUT2D eigenvalue weighted by molar-refractivity contribution is 7.89. The predicted molar refractivity (Wildman–Crippen MR) is 105 cm³/mol. The number of nitrogens with zero attached hydrogens (tertiary/aromatic N) is 1. The van der Waals surface area contributed by atoms with Crippen LogP contribution in [0.3, 0.4) is 0 Å². The molecular formula is C19H22N4O4S. The lowest BCUT2D eigenvalue weighted by atomic mass is 10.0. The van der Waals surface area contributed by atoms with Crippen LogP contribution in [-0.4, -0.2) is 44.4 Å². The van der Waals surface area contributed by atoms with Crippen molar-refractivity contribution in [2.45, 2.75) is 23.8 Å². The van der Waals surface area contributed by atoms with Gasteiger partial charge in [0.2, 0.25) is 10.0 Å². The van der Waals surface area contributed by atoms with E-state index in [1.807, 2.05) is 18.2 Å². The fourth-order valence-electron chi connectivity index (χ4n) is 3.15. The average Bonchev–Trinajstić information content (AvgIpc) is 2.68. The van der Waals surface area contributed by atoms with Crippen molar-refractivity contribution < 1.29 is 18.0 Å². The van der Waals surface area contributed by atoms with Crippen LogP contribution in [0.25, 0.3) is 0 Å². The smallest absolute Gasteiger partial charge is 0.319 e. The third-order valence-corrected chi connectivity index (χ3v) is 5.40. The van der Waals surface area contributed by atoms with Crippen molar-refractivity contribution in [1.82, 2.24) is 10.2 Å². The summed E-state index contributed by atoms with van der Waals surface area (Å²) in [6.07, 6.45) is 1.54. The predicted octanol–water partition coefficient (Wildman–Crippen LogP) is 1.76. The molecule has 1 aliphatic rings. The maximum absolute atomic E-state index is 12.6. The van der Waals surface area contributed by atoms with Crippen LogP contribution in [0, 0.1) is 0 Å². The highest BCUT2D eigenvalue weighted by Crippen LogP contribution is 2.16. The number of likely N-dealkylation sites (tertiary alicyclic amines) is 1. The molecule has 148 valence electrons. The number of hydrogen-bond donors (Lipinski definition) is 3. The molecule has 3 amide bonds. The van der Waals surface area contributed by atoms with Gasteiger partial charge in [0.25, 0.3) is 5.91 Å². The Balaban J connectivity index is 1.59. The maximum atomic E-state index is 12.6. The first-order valence-electron chi connectivity index (χ1n) is 8.87. The van der Waals surface area contributed by atoms with Crippen LogP contribution >= 0.6 is 0 Å². The van der Waals surface area contributed by atoms with E-state index in [1.54, 1.807) is 23.1 Å². The van der Waals surface area contributed by atoms with Crippen LogP contribution in [0.2, 0.25) is 0 Å². The number of anilines is 1. The van der Waals surface area contributed by atoms with Gasteiger partial charge in [-0.2, -0.15) is 0 Å². The first-order chi connectivity index (χ1) is 13.3. The van der Waals surface area contributed by atoms with E-state index in [-0.39, 0.29) is 16.8 Å². The molecule has 0 aromatic heterocycles.